The van der Waals surface area contributed by atoms with E-state index in [1.807, 2.05) is 20.8 Å². The molecule has 0 heterocycles. The van der Waals surface area contributed by atoms with Gasteiger partial charge in [0.2, 0.25) is 0 Å². The first-order chi connectivity index (χ1) is 21.1. The van der Waals surface area contributed by atoms with E-state index < -0.39 is 42.9 Å². The SMILES string of the molecule is C.C.C=C(C)C(=C)C.C=C(C)C(C)C.C=C(C)P(C)C.C=C(C)[SiH](C)C.C=[C](C)[GeH]([CH3])[CH3].C=[C](C)[SnH]([CH3])[CH3].C=[P+](C)C(C)C.CC(C)C(C)C. The van der Waals surface area contributed by atoms with Crippen LogP contribution in [0.25, 0.3) is 0 Å². The number of hydrogen-bond donors (Lipinski definition) is 0. The van der Waals surface area contributed by atoms with Gasteiger partial charge in [0.05, 0.1) is 29.3 Å². The Bertz CT molecular complexity index is 716. The van der Waals surface area contributed by atoms with E-state index in [1.165, 1.54) is 24.1 Å². The molecular formula is C45H103GeP2SiSn+. The molecule has 0 aromatic carbocycles. The molecule has 5 heteroatoms. The molecule has 1 atom stereocenters. The summed E-state index contributed by atoms with van der Waals surface area (Å²) in [6, 6.07) is 0. The Hall–Kier alpha value is 0.338. The van der Waals surface area contributed by atoms with Crippen molar-refractivity contribution in [2.45, 2.75) is 159 Å². The molecule has 0 aliphatic carbocycles. The summed E-state index contributed by atoms with van der Waals surface area (Å²) in [6.07, 6.45) is 3.90. The van der Waals surface area contributed by atoms with Crippen LogP contribution in [0.4, 0.5) is 0 Å². The van der Waals surface area contributed by atoms with Crippen molar-refractivity contribution < 1.29 is 0 Å². The summed E-state index contributed by atoms with van der Waals surface area (Å²) in [5, 5.41) is 2.72. The molecule has 0 radical (unpaired) electrons. The van der Waals surface area contributed by atoms with Gasteiger partial charge in [-0.05, 0) is 79.5 Å². The topological polar surface area (TPSA) is 0 Å². The predicted octanol–water partition coefficient (Wildman–Crippen LogP) is 16.9. The summed E-state index contributed by atoms with van der Waals surface area (Å²) >= 11 is -1.82. The zero-order valence-electron chi connectivity index (χ0n) is 38.1. The first-order valence-corrected chi connectivity index (χ1v) is 39.4. The summed E-state index contributed by atoms with van der Waals surface area (Å²) < 4.78 is 2.92. The molecule has 0 rings (SSSR count). The molecule has 304 valence electrons. The van der Waals surface area contributed by atoms with Crippen LogP contribution in [0.5, 0.6) is 0 Å². The molecule has 0 amide bonds. The average molecular weight is 926 g/mol. The second-order valence-corrected chi connectivity index (χ2v) is 40.2. The van der Waals surface area contributed by atoms with Crippen molar-refractivity contribution in [3.8, 4) is 0 Å². The quantitative estimate of drug-likeness (QED) is 0.0985. The molecule has 0 nitrogen and oxygen atoms in total. The second kappa shape index (κ2) is 49.3. The van der Waals surface area contributed by atoms with Crippen LogP contribution in [0.15, 0.2) is 81.3 Å². The second-order valence-electron chi connectivity index (χ2n) is 15.5. The van der Waals surface area contributed by atoms with Gasteiger partial charge in [-0.1, -0.05) is 131 Å². The van der Waals surface area contributed by atoms with Crippen LogP contribution in [0.2, 0.25) is 34.5 Å². The normalized spacial score (nSPS) is 9.32. The molecule has 0 bridgehead atoms. The van der Waals surface area contributed by atoms with E-state index in [-0.39, 0.29) is 30.3 Å². The average Bonchev–Trinajstić information content (AvgIpc) is 2.90. The molecule has 0 fully saturated rings. The molecule has 0 aromatic rings. The van der Waals surface area contributed by atoms with Gasteiger partial charge in [0.15, 0.2) is 0 Å². The van der Waals surface area contributed by atoms with Crippen molar-refractivity contribution in [3.63, 3.8) is 0 Å². The van der Waals surface area contributed by atoms with Crippen LogP contribution in [-0.4, -0.2) is 74.9 Å². The molecule has 0 aliphatic heterocycles. The van der Waals surface area contributed by atoms with E-state index in [4.69, 9.17) is 0 Å². The van der Waals surface area contributed by atoms with Gasteiger partial charge in [-0.15, -0.1) is 6.58 Å². The van der Waals surface area contributed by atoms with Gasteiger partial charge in [0.1, 0.15) is 5.66 Å². The van der Waals surface area contributed by atoms with Gasteiger partial charge in [-0.25, -0.2) is 0 Å². The van der Waals surface area contributed by atoms with Crippen LogP contribution >= 0.6 is 15.5 Å². The first-order valence-electron chi connectivity index (χ1n) is 17.9. The Labute approximate surface area is 340 Å². The van der Waals surface area contributed by atoms with Gasteiger partial charge in [-0.3, -0.25) is 0 Å². The molecule has 1 unspecified atom stereocenters. The Morgan fingerprint density at radius 1 is 0.660 bits per heavy atom. The molecule has 50 heavy (non-hydrogen) atoms. The van der Waals surface area contributed by atoms with E-state index in [2.05, 4.69) is 190 Å². The zero-order chi connectivity index (χ0) is 41.2. The molecule has 0 N–H and O–H groups in total. The maximum Gasteiger partial charge on any atom is 0.110 e. The van der Waals surface area contributed by atoms with Crippen molar-refractivity contribution in [1.29, 1.82) is 0 Å². The summed E-state index contributed by atoms with van der Waals surface area (Å²) in [7, 11) is -0.202. The van der Waals surface area contributed by atoms with Gasteiger partial charge < -0.3 is 0 Å². The summed E-state index contributed by atoms with van der Waals surface area (Å²) in [5.41, 5.74) is 4.19. The largest absolute Gasteiger partial charge is 0.110 e. The van der Waals surface area contributed by atoms with Crippen LogP contribution in [0, 0.1) is 17.8 Å². The van der Waals surface area contributed by atoms with E-state index in [9.17, 15) is 0 Å². The Kier molecular flexibility index (Phi) is 74.3. The smallest absolute Gasteiger partial charge is 0.0625 e. The van der Waals surface area contributed by atoms with Crippen molar-refractivity contribution in [2.75, 3.05) is 20.0 Å². The van der Waals surface area contributed by atoms with Gasteiger partial charge in [0, 0.05) is 0 Å². The van der Waals surface area contributed by atoms with Crippen molar-refractivity contribution in [3.05, 3.63) is 81.3 Å². The van der Waals surface area contributed by atoms with E-state index in [0.29, 0.717) is 5.92 Å². The third-order valence-electron chi connectivity index (χ3n) is 7.65. The fourth-order valence-corrected chi connectivity index (χ4v) is 0. The molecule has 0 saturated carbocycles. The predicted molar refractivity (Wildman–Crippen MR) is 272 cm³/mol. The van der Waals surface area contributed by atoms with E-state index in [0.717, 1.165) is 28.6 Å². The molecule has 0 aromatic heterocycles. The summed E-state index contributed by atoms with van der Waals surface area (Å²) in [5.74, 6) is 7.02. The minimum Gasteiger partial charge on any atom is -0.0625 e. The van der Waals surface area contributed by atoms with E-state index >= 15 is 0 Å². The molecule has 0 saturated heterocycles. The fourth-order valence-electron chi connectivity index (χ4n) is 0. The third-order valence-corrected chi connectivity index (χ3v) is 22.7. The summed E-state index contributed by atoms with van der Waals surface area (Å²) in [6.45, 7) is 69.6. The van der Waals surface area contributed by atoms with Crippen molar-refractivity contribution in [1.82, 2.24) is 0 Å². The van der Waals surface area contributed by atoms with Crippen LogP contribution in [-0.2, 0) is 0 Å². The molecule has 0 aliphatic rings. The fraction of sp³-hybridized carbons (Fsp3) is 0.667. The number of hydrogen-bond acceptors (Lipinski definition) is 0. The van der Waals surface area contributed by atoms with Crippen LogP contribution < -0.4 is 0 Å². The number of allylic oxidation sites excluding steroid dienone is 7. The zero-order valence-corrected chi connectivity index (χ0v) is 46.8. The molecule has 0 spiro atoms. The molecular weight excluding hydrogens is 822 g/mol. The van der Waals surface area contributed by atoms with Gasteiger partial charge >= 0.3 is 90.5 Å². The summed E-state index contributed by atoms with van der Waals surface area (Å²) in [4.78, 5) is 4.70. The van der Waals surface area contributed by atoms with Crippen LogP contribution in [0.3, 0.4) is 0 Å². The maximum absolute atomic E-state index is 3.90. The minimum absolute atomic E-state index is 0. The Morgan fingerprint density at radius 2 is 0.820 bits per heavy atom. The number of rotatable bonds is 8. The first kappa shape index (κ1) is 75.3. The van der Waals surface area contributed by atoms with Crippen LogP contribution in [0.1, 0.15) is 119 Å². The van der Waals surface area contributed by atoms with Gasteiger partial charge in [0.25, 0.3) is 0 Å². The monoisotopic (exact) mass is 928 g/mol. The maximum atomic E-state index is 3.90. The third kappa shape index (κ3) is 104. The Balaban J connectivity index is -0.0000000455. The van der Waals surface area contributed by atoms with Crippen molar-refractivity contribution in [2.24, 2.45) is 17.8 Å². The standard InChI is InChI=1S/C6H14.C6H12.C6H10.C5H12Ge.C5H12P.C5H11P.C5H12Si.C3H5.2CH4.2CH3.Sn.H/c7*1-5(2)6(3)4;1-3-2;;;;;;/h5-6H,1-4H3;6H,1H2,2-4H3;1,3H2,2,4H3;6H,1H2,2-4H3;5H,3H2,1-2,4H3;1H2,2-4H3;6H,1H2,2-4H3;1H2,2H3;2*1H4;2*1H3;;/q;;;;+1;;;;;;;;;. The Morgan fingerprint density at radius 3 is 0.820 bits per heavy atom. The van der Waals surface area contributed by atoms with E-state index in [1.54, 1.807) is 0 Å². The minimum atomic E-state index is -0.999. The van der Waals surface area contributed by atoms with Gasteiger partial charge in [-0.2, -0.15) is 0 Å². The van der Waals surface area contributed by atoms with Crippen molar-refractivity contribution >= 4 is 64.7 Å².